The molecule has 0 spiro atoms. The Labute approximate surface area is 95.1 Å². The summed E-state index contributed by atoms with van der Waals surface area (Å²) in [4.78, 5) is 15.4. The molecule has 1 aromatic rings. The molecule has 1 aromatic heterocycles. The van der Waals surface area contributed by atoms with Gasteiger partial charge in [-0.1, -0.05) is 19.4 Å². The molecule has 5 heteroatoms. The van der Waals surface area contributed by atoms with Gasteiger partial charge in [0.15, 0.2) is 0 Å². The average Bonchev–Trinajstić information content (AvgIpc) is 2.34. The Balaban J connectivity index is 2.29. The molecule has 1 heterocycles. The van der Waals surface area contributed by atoms with Gasteiger partial charge in [-0.05, 0) is 18.6 Å². The Morgan fingerprint density at radius 3 is 3.00 bits per heavy atom. The van der Waals surface area contributed by atoms with Gasteiger partial charge in [-0.25, -0.2) is 9.86 Å². The van der Waals surface area contributed by atoms with Crippen LogP contribution in [0.25, 0.3) is 0 Å². The Hall–Kier alpha value is -1.62. The fourth-order valence-electron chi connectivity index (χ4n) is 1.17. The van der Waals surface area contributed by atoms with Gasteiger partial charge in [-0.2, -0.15) is 0 Å². The topological polar surface area (TPSA) is 65.5 Å². The van der Waals surface area contributed by atoms with Gasteiger partial charge >= 0.3 is 6.03 Å². The van der Waals surface area contributed by atoms with Gasteiger partial charge in [0.05, 0.1) is 18.8 Å². The Morgan fingerprint density at radius 2 is 2.38 bits per heavy atom. The van der Waals surface area contributed by atoms with Crippen LogP contribution in [0.3, 0.4) is 0 Å². The second-order valence-electron chi connectivity index (χ2n) is 3.46. The first-order valence-electron chi connectivity index (χ1n) is 5.38. The largest absolute Gasteiger partial charge is 0.341 e. The third kappa shape index (κ3) is 4.27. The van der Waals surface area contributed by atoms with E-state index in [4.69, 9.17) is 0 Å². The number of hydrogen-bond donors (Lipinski definition) is 2. The molecule has 0 unspecified atom stereocenters. The molecule has 16 heavy (non-hydrogen) atoms. The van der Waals surface area contributed by atoms with Crippen molar-refractivity contribution in [3.8, 4) is 0 Å². The van der Waals surface area contributed by atoms with Gasteiger partial charge < -0.3 is 5.32 Å². The SMILES string of the molecule is CCCCN(O)C(=O)NCc1ccccn1. The van der Waals surface area contributed by atoms with E-state index in [-0.39, 0.29) is 0 Å². The third-order valence-corrected chi connectivity index (χ3v) is 2.10. The van der Waals surface area contributed by atoms with Crippen molar-refractivity contribution < 1.29 is 10.0 Å². The number of aromatic nitrogens is 1. The van der Waals surface area contributed by atoms with E-state index < -0.39 is 6.03 Å². The Bertz CT molecular complexity index is 316. The number of carbonyl (C=O) groups excluding carboxylic acids is 1. The summed E-state index contributed by atoms with van der Waals surface area (Å²) >= 11 is 0. The molecule has 0 aliphatic carbocycles. The second kappa shape index (κ2) is 6.79. The van der Waals surface area contributed by atoms with Crippen molar-refractivity contribution in [2.24, 2.45) is 0 Å². The van der Waals surface area contributed by atoms with E-state index in [1.165, 1.54) is 0 Å². The minimum atomic E-state index is -0.487. The lowest BCUT2D eigenvalue weighted by molar-refractivity contribution is -0.0439. The van der Waals surface area contributed by atoms with E-state index in [2.05, 4.69) is 10.3 Å². The van der Waals surface area contributed by atoms with Gasteiger partial charge in [0, 0.05) is 6.20 Å². The molecular weight excluding hydrogens is 206 g/mol. The number of pyridine rings is 1. The van der Waals surface area contributed by atoms with Crippen molar-refractivity contribution in [1.82, 2.24) is 15.4 Å². The molecule has 2 N–H and O–H groups in total. The summed E-state index contributed by atoms with van der Waals surface area (Å²) in [5, 5.41) is 12.6. The van der Waals surface area contributed by atoms with E-state index in [9.17, 15) is 10.0 Å². The Morgan fingerprint density at radius 1 is 1.56 bits per heavy atom. The lowest BCUT2D eigenvalue weighted by Crippen LogP contribution is -2.37. The van der Waals surface area contributed by atoms with Gasteiger partial charge in [0.2, 0.25) is 0 Å². The highest BCUT2D eigenvalue weighted by atomic mass is 16.5. The lowest BCUT2D eigenvalue weighted by Gasteiger charge is -2.14. The molecule has 0 aliphatic rings. The maximum atomic E-state index is 11.4. The zero-order valence-corrected chi connectivity index (χ0v) is 9.39. The predicted molar refractivity (Wildman–Crippen MR) is 59.9 cm³/mol. The van der Waals surface area contributed by atoms with Crippen LogP contribution < -0.4 is 5.32 Å². The summed E-state index contributed by atoms with van der Waals surface area (Å²) in [5.41, 5.74) is 0.764. The first-order chi connectivity index (χ1) is 7.74. The van der Waals surface area contributed by atoms with Crippen LogP contribution in [0, 0.1) is 0 Å². The molecule has 0 saturated heterocycles. The summed E-state index contributed by atoms with van der Waals surface area (Å²) in [7, 11) is 0. The van der Waals surface area contributed by atoms with Gasteiger partial charge in [-0.15, -0.1) is 0 Å². The fraction of sp³-hybridized carbons (Fsp3) is 0.455. The van der Waals surface area contributed by atoms with Crippen LogP contribution in [0.15, 0.2) is 24.4 Å². The third-order valence-electron chi connectivity index (χ3n) is 2.10. The monoisotopic (exact) mass is 223 g/mol. The molecule has 2 amide bonds. The van der Waals surface area contributed by atoms with E-state index in [0.717, 1.165) is 18.5 Å². The summed E-state index contributed by atoms with van der Waals surface area (Å²) < 4.78 is 0. The van der Waals surface area contributed by atoms with Crippen molar-refractivity contribution in [3.63, 3.8) is 0 Å². The van der Waals surface area contributed by atoms with Crippen molar-refractivity contribution in [3.05, 3.63) is 30.1 Å². The highest BCUT2D eigenvalue weighted by Crippen LogP contribution is 1.95. The van der Waals surface area contributed by atoms with Crippen molar-refractivity contribution in [2.45, 2.75) is 26.3 Å². The van der Waals surface area contributed by atoms with E-state index >= 15 is 0 Å². The molecule has 0 radical (unpaired) electrons. The first-order valence-corrected chi connectivity index (χ1v) is 5.38. The molecular formula is C11H17N3O2. The molecule has 0 aromatic carbocycles. The van der Waals surface area contributed by atoms with Crippen LogP contribution in [0.1, 0.15) is 25.5 Å². The van der Waals surface area contributed by atoms with Gasteiger partial charge in [0.1, 0.15) is 0 Å². The first kappa shape index (κ1) is 12.4. The number of hydrogen-bond acceptors (Lipinski definition) is 3. The van der Waals surface area contributed by atoms with E-state index in [1.807, 2.05) is 25.1 Å². The average molecular weight is 223 g/mol. The number of nitrogens with one attached hydrogen (secondary N) is 1. The molecule has 88 valence electrons. The summed E-state index contributed by atoms with van der Waals surface area (Å²) in [6, 6.07) is 4.99. The summed E-state index contributed by atoms with van der Waals surface area (Å²) in [6.07, 6.45) is 3.38. The number of amides is 2. The molecule has 0 aliphatic heterocycles. The number of unbranched alkanes of at least 4 members (excludes halogenated alkanes) is 1. The summed E-state index contributed by atoms with van der Waals surface area (Å²) in [6.45, 7) is 2.67. The number of hydroxylamine groups is 2. The lowest BCUT2D eigenvalue weighted by atomic mass is 10.3. The van der Waals surface area contributed by atoms with E-state index in [1.54, 1.807) is 6.20 Å². The van der Waals surface area contributed by atoms with Crippen molar-refractivity contribution >= 4 is 6.03 Å². The van der Waals surface area contributed by atoms with Crippen LogP contribution in [0.4, 0.5) is 4.79 Å². The Kier molecular flexibility index (Phi) is 5.28. The van der Waals surface area contributed by atoms with Crippen LogP contribution in [0.5, 0.6) is 0 Å². The number of rotatable bonds is 5. The maximum Gasteiger partial charge on any atom is 0.341 e. The number of urea groups is 1. The van der Waals surface area contributed by atoms with Crippen LogP contribution in [-0.2, 0) is 6.54 Å². The second-order valence-corrected chi connectivity index (χ2v) is 3.46. The van der Waals surface area contributed by atoms with Crippen molar-refractivity contribution in [1.29, 1.82) is 0 Å². The minimum absolute atomic E-state index is 0.322. The summed E-state index contributed by atoms with van der Waals surface area (Å²) in [5.74, 6) is 0. The molecule has 5 nitrogen and oxygen atoms in total. The zero-order valence-electron chi connectivity index (χ0n) is 9.39. The normalized spacial score (nSPS) is 9.88. The van der Waals surface area contributed by atoms with E-state index in [0.29, 0.717) is 18.2 Å². The predicted octanol–water partition coefficient (Wildman–Crippen LogP) is 1.78. The molecule has 1 rings (SSSR count). The highest BCUT2D eigenvalue weighted by Gasteiger charge is 2.08. The standard InChI is InChI=1S/C11H17N3O2/c1-2-3-8-14(16)11(15)13-9-10-6-4-5-7-12-10/h4-7,16H,2-3,8-9H2,1H3,(H,13,15). The number of carbonyl (C=O) groups is 1. The number of nitrogens with zero attached hydrogens (tertiary/aromatic N) is 2. The van der Waals surface area contributed by atoms with Gasteiger partial charge in [0.25, 0.3) is 0 Å². The molecule has 0 bridgehead atoms. The van der Waals surface area contributed by atoms with Crippen LogP contribution in [0.2, 0.25) is 0 Å². The fourth-order valence-corrected chi connectivity index (χ4v) is 1.17. The van der Waals surface area contributed by atoms with Crippen molar-refractivity contribution in [2.75, 3.05) is 6.54 Å². The maximum absolute atomic E-state index is 11.4. The minimum Gasteiger partial charge on any atom is -0.331 e. The molecule has 0 fully saturated rings. The molecule has 0 atom stereocenters. The van der Waals surface area contributed by atoms with Crippen LogP contribution >= 0.6 is 0 Å². The van der Waals surface area contributed by atoms with Gasteiger partial charge in [-0.3, -0.25) is 10.2 Å². The smallest absolute Gasteiger partial charge is 0.331 e. The highest BCUT2D eigenvalue weighted by molar-refractivity contribution is 5.72. The van der Waals surface area contributed by atoms with Crippen LogP contribution in [-0.4, -0.2) is 27.8 Å². The quantitative estimate of drug-likeness (QED) is 0.590. The molecule has 0 saturated carbocycles. The zero-order chi connectivity index (χ0) is 11.8.